The van der Waals surface area contributed by atoms with Crippen molar-refractivity contribution < 1.29 is 51.3 Å². The summed E-state index contributed by atoms with van der Waals surface area (Å²) in [5, 5.41) is 20.9. The molecule has 4 aliphatic rings. The maximum absolute atomic E-state index is 15.2. The number of carbonyl (C=O) groups is 4. The summed E-state index contributed by atoms with van der Waals surface area (Å²) in [5.74, 6) is -21.7. The highest BCUT2D eigenvalue weighted by Crippen LogP contribution is 2.66. The first kappa shape index (κ1) is 34.0. The molecule has 2 heterocycles. The number of likely N-dealkylation sites (tertiary alicyclic amines) is 1. The number of rotatable bonds is 5. The Morgan fingerprint density at radius 2 is 1.44 bits per heavy atom. The van der Waals surface area contributed by atoms with Crippen LogP contribution in [0.1, 0.15) is 35.4 Å². The van der Waals surface area contributed by atoms with Gasteiger partial charge in [-0.1, -0.05) is 42.0 Å². The molecule has 0 radical (unpaired) electrons. The predicted octanol–water partition coefficient (Wildman–Crippen LogP) is 5.91. The quantitative estimate of drug-likeness (QED) is 0.0842. The van der Waals surface area contributed by atoms with Gasteiger partial charge in [-0.15, -0.1) is 23.2 Å². The van der Waals surface area contributed by atoms with E-state index in [-0.39, 0.29) is 46.9 Å². The molecule has 4 amide bonds. The summed E-state index contributed by atoms with van der Waals surface area (Å²) in [7, 11) is 0. The molecule has 7 rings (SSSR count). The molecule has 2 saturated heterocycles. The standard InChI is InChI=1S/C35H25Cl2F5N2O6/c1-14-3-2-4-19(29(14)46)22-17-9-10-18-21(31(48)43(30(18)47)12-11-15-5-7-16(45)8-6-15)20(17)13-34(36)32(49)44(33(50)35(22,34)37)28-26(41)24(39)23(38)25(40)27(28)42/h2-9,18,20-22,45-46H,10-13H2,1H3/t18-,20+,21-,22+,34+,35-/m0/s1. The van der Waals surface area contributed by atoms with E-state index in [0.717, 1.165) is 10.5 Å². The Kier molecular flexibility index (Phi) is 7.83. The van der Waals surface area contributed by atoms with Crippen LogP contribution < -0.4 is 4.90 Å². The fourth-order valence-corrected chi connectivity index (χ4v) is 8.94. The maximum Gasteiger partial charge on any atom is 0.258 e. The lowest BCUT2D eigenvalue weighted by atomic mass is 9.56. The number of benzene rings is 3. The third-order valence-corrected chi connectivity index (χ3v) is 11.9. The van der Waals surface area contributed by atoms with Gasteiger partial charge in [-0.05, 0) is 55.4 Å². The van der Waals surface area contributed by atoms with Crippen LogP contribution in [0.15, 0.2) is 54.1 Å². The number of para-hydroxylation sites is 1. The number of anilines is 1. The maximum atomic E-state index is 15.2. The van der Waals surface area contributed by atoms with Crippen LogP contribution in [0, 0.1) is 53.8 Å². The average molecular weight is 735 g/mol. The van der Waals surface area contributed by atoms with Gasteiger partial charge in [0.1, 0.15) is 17.2 Å². The van der Waals surface area contributed by atoms with Gasteiger partial charge in [0.05, 0.1) is 11.8 Å². The van der Waals surface area contributed by atoms with Gasteiger partial charge in [0.15, 0.2) is 33.0 Å². The van der Waals surface area contributed by atoms with Gasteiger partial charge < -0.3 is 10.2 Å². The summed E-state index contributed by atoms with van der Waals surface area (Å²) in [5.41, 5.74) is -0.679. The molecule has 3 aromatic rings. The van der Waals surface area contributed by atoms with Crippen LogP contribution in [-0.4, -0.2) is 55.0 Å². The lowest BCUT2D eigenvalue weighted by Gasteiger charge is -2.50. The number of aryl methyl sites for hydroxylation is 1. The van der Waals surface area contributed by atoms with Crippen LogP contribution in [0.3, 0.4) is 0 Å². The van der Waals surface area contributed by atoms with Crippen LogP contribution in [0.2, 0.25) is 0 Å². The summed E-state index contributed by atoms with van der Waals surface area (Å²) >= 11 is 14.2. The summed E-state index contributed by atoms with van der Waals surface area (Å²) in [6.07, 6.45) is 1.14. The number of aromatic hydroxyl groups is 2. The fraction of sp³-hybridized carbons (Fsp3) is 0.314. The number of fused-ring (bicyclic) bond motifs is 4. The van der Waals surface area contributed by atoms with E-state index < -0.39 is 98.2 Å². The van der Waals surface area contributed by atoms with Crippen molar-refractivity contribution in [2.24, 2.45) is 17.8 Å². The first-order valence-corrected chi connectivity index (χ1v) is 16.2. The molecule has 8 nitrogen and oxygen atoms in total. The Bertz CT molecular complexity index is 2050. The van der Waals surface area contributed by atoms with Crippen molar-refractivity contribution >= 4 is 52.5 Å². The van der Waals surface area contributed by atoms with Crippen molar-refractivity contribution in [3.05, 3.63) is 99.9 Å². The number of amides is 4. The average Bonchev–Trinajstić information content (AvgIpc) is 3.42. The van der Waals surface area contributed by atoms with Crippen LogP contribution in [0.25, 0.3) is 0 Å². The summed E-state index contributed by atoms with van der Waals surface area (Å²) in [6.45, 7) is 1.49. The number of nitrogens with zero attached hydrogens (tertiary/aromatic N) is 2. The Morgan fingerprint density at radius 1 is 0.820 bits per heavy atom. The van der Waals surface area contributed by atoms with E-state index in [2.05, 4.69) is 0 Å². The first-order chi connectivity index (χ1) is 23.6. The zero-order chi connectivity index (χ0) is 36.2. The fourth-order valence-electron chi connectivity index (χ4n) is 8.02. The SMILES string of the molecule is Cc1cccc([C@H]2C3=CC[C@@H]4C(=O)N(CCc5ccc(O)cc5)C(=O)[C@@H]4[C@@H]3C[C@@]3(Cl)C(=O)N(c4c(F)c(F)c(F)c(F)c4F)C(=O)[C@@]23Cl)c1O. The zero-order valence-corrected chi connectivity index (χ0v) is 27.3. The van der Waals surface area contributed by atoms with Crippen molar-refractivity contribution in [1.29, 1.82) is 0 Å². The van der Waals surface area contributed by atoms with E-state index in [1.165, 1.54) is 37.3 Å². The van der Waals surface area contributed by atoms with Gasteiger partial charge >= 0.3 is 0 Å². The van der Waals surface area contributed by atoms with E-state index >= 15 is 8.78 Å². The zero-order valence-electron chi connectivity index (χ0n) is 25.8. The van der Waals surface area contributed by atoms with E-state index in [4.69, 9.17) is 23.2 Å². The Labute approximate surface area is 290 Å². The van der Waals surface area contributed by atoms with Gasteiger partial charge in [-0.25, -0.2) is 26.9 Å². The second-order valence-corrected chi connectivity index (χ2v) is 14.2. The normalized spacial score (nSPS) is 28.9. The molecule has 3 fully saturated rings. The van der Waals surface area contributed by atoms with Gasteiger partial charge in [0, 0.05) is 18.0 Å². The highest BCUT2D eigenvalue weighted by molar-refractivity contribution is 6.58. The molecule has 15 heteroatoms. The molecule has 0 unspecified atom stereocenters. The third-order valence-electron chi connectivity index (χ3n) is 10.5. The molecule has 3 aromatic carbocycles. The molecule has 0 bridgehead atoms. The van der Waals surface area contributed by atoms with Crippen LogP contribution in [0.5, 0.6) is 11.5 Å². The molecule has 2 N–H and O–H groups in total. The summed E-state index contributed by atoms with van der Waals surface area (Å²) in [6, 6.07) is 10.6. The largest absolute Gasteiger partial charge is 0.508 e. The van der Waals surface area contributed by atoms with Crippen molar-refractivity contribution in [3.8, 4) is 11.5 Å². The molecule has 2 aliphatic heterocycles. The number of phenols is 2. The van der Waals surface area contributed by atoms with Crippen LogP contribution in [0.4, 0.5) is 27.6 Å². The van der Waals surface area contributed by atoms with Crippen molar-refractivity contribution in [3.63, 3.8) is 0 Å². The van der Waals surface area contributed by atoms with Crippen molar-refractivity contribution in [2.75, 3.05) is 11.4 Å². The Balaban J connectivity index is 1.37. The van der Waals surface area contributed by atoms with E-state index in [9.17, 15) is 42.6 Å². The molecule has 0 aromatic heterocycles. The number of halogens is 7. The third kappa shape index (κ3) is 4.41. The second kappa shape index (κ2) is 11.5. The minimum Gasteiger partial charge on any atom is -0.508 e. The van der Waals surface area contributed by atoms with E-state index in [1.54, 1.807) is 18.2 Å². The molecule has 260 valence electrons. The number of allylic oxidation sites excluding steroid dienone is 2. The predicted molar refractivity (Wildman–Crippen MR) is 168 cm³/mol. The second-order valence-electron chi connectivity index (χ2n) is 13.0. The molecule has 50 heavy (non-hydrogen) atoms. The highest BCUT2D eigenvalue weighted by Gasteiger charge is 2.77. The number of hydrogen-bond donors (Lipinski definition) is 2. The van der Waals surface area contributed by atoms with Crippen molar-refractivity contribution in [2.45, 2.75) is 41.9 Å². The first-order valence-electron chi connectivity index (χ1n) is 15.5. The lowest BCUT2D eigenvalue weighted by Crippen LogP contribution is -2.60. The van der Waals surface area contributed by atoms with E-state index in [1.807, 2.05) is 0 Å². The Hall–Kier alpha value is -4.49. The van der Waals surface area contributed by atoms with E-state index in [0.29, 0.717) is 5.56 Å². The molecular weight excluding hydrogens is 710 g/mol. The Morgan fingerprint density at radius 3 is 2.08 bits per heavy atom. The minimum atomic E-state index is -2.73. The number of carbonyl (C=O) groups excluding carboxylic acids is 4. The van der Waals surface area contributed by atoms with Gasteiger partial charge in [-0.2, -0.15) is 0 Å². The smallest absolute Gasteiger partial charge is 0.258 e. The monoisotopic (exact) mass is 734 g/mol. The number of hydrogen-bond acceptors (Lipinski definition) is 6. The molecule has 1 saturated carbocycles. The van der Waals surface area contributed by atoms with Crippen LogP contribution in [-0.2, 0) is 25.6 Å². The number of alkyl halides is 2. The molecule has 6 atom stereocenters. The van der Waals surface area contributed by atoms with Crippen molar-refractivity contribution in [1.82, 2.24) is 4.90 Å². The molecule has 0 spiro atoms. The number of imide groups is 2. The summed E-state index contributed by atoms with van der Waals surface area (Å²) < 4.78 is 73.2. The minimum absolute atomic E-state index is 0.0222. The van der Waals surface area contributed by atoms with Gasteiger partial charge in [-0.3, -0.25) is 24.1 Å². The van der Waals surface area contributed by atoms with Gasteiger partial charge in [0.2, 0.25) is 17.6 Å². The lowest BCUT2D eigenvalue weighted by molar-refractivity contribution is -0.140. The van der Waals surface area contributed by atoms with Crippen LogP contribution >= 0.6 is 23.2 Å². The topological polar surface area (TPSA) is 115 Å². The number of phenolic OH excluding ortho intramolecular Hbond substituents is 2. The van der Waals surface area contributed by atoms with Gasteiger partial charge in [0.25, 0.3) is 11.8 Å². The molecular formula is C35H25Cl2F5N2O6. The molecule has 2 aliphatic carbocycles. The summed E-state index contributed by atoms with van der Waals surface area (Å²) in [4.78, 5) is 51.7. The highest BCUT2D eigenvalue weighted by atomic mass is 35.5.